The second-order valence-corrected chi connectivity index (χ2v) is 8.22. The van der Waals surface area contributed by atoms with E-state index in [-0.39, 0.29) is 47.4 Å². The van der Waals surface area contributed by atoms with E-state index in [1.54, 1.807) is 31.4 Å². The molecule has 0 bridgehead atoms. The average Bonchev–Trinajstić information content (AvgIpc) is 2.97. The highest BCUT2D eigenvalue weighted by molar-refractivity contribution is 14.0. The molecule has 1 aliphatic heterocycles. The molecule has 0 spiro atoms. The number of rotatable bonds is 7. The number of hydrogen-bond donors (Lipinski definition) is 3. The Kier molecular flexibility index (Phi) is 9.84. The first-order valence-electron chi connectivity index (χ1n) is 8.61. The van der Waals surface area contributed by atoms with Gasteiger partial charge in [-0.05, 0) is 31.5 Å². The fourth-order valence-electron chi connectivity index (χ4n) is 2.63. The molecule has 1 aromatic carbocycles. The van der Waals surface area contributed by atoms with Crippen LogP contribution in [0.25, 0.3) is 0 Å². The first-order chi connectivity index (χ1) is 12.4. The second kappa shape index (κ2) is 11.3. The van der Waals surface area contributed by atoms with Crippen molar-refractivity contribution in [2.75, 3.05) is 38.2 Å². The Morgan fingerprint density at radius 2 is 2.11 bits per heavy atom. The van der Waals surface area contributed by atoms with E-state index in [1.807, 2.05) is 6.92 Å². The molecule has 152 valence electrons. The third-order valence-corrected chi connectivity index (χ3v) is 5.68. The zero-order chi connectivity index (χ0) is 19.0. The van der Waals surface area contributed by atoms with Gasteiger partial charge in [-0.3, -0.25) is 9.79 Å². The summed E-state index contributed by atoms with van der Waals surface area (Å²) in [6.45, 7) is 3.36. The first kappa shape index (κ1) is 23.5. The fraction of sp³-hybridized carbons (Fsp3) is 0.529. The number of carbonyl (C=O) groups is 1. The summed E-state index contributed by atoms with van der Waals surface area (Å²) in [4.78, 5) is 16.5. The maximum atomic E-state index is 12.1. The van der Waals surface area contributed by atoms with Crippen molar-refractivity contribution in [1.82, 2.24) is 16.0 Å². The monoisotopic (exact) mass is 510 g/mol. The van der Waals surface area contributed by atoms with E-state index in [0.717, 1.165) is 0 Å². The number of hydrogen-bond acceptors (Lipinski definition) is 5. The zero-order valence-electron chi connectivity index (χ0n) is 15.5. The van der Waals surface area contributed by atoms with Crippen molar-refractivity contribution in [3.63, 3.8) is 0 Å². The number of aliphatic imine (C=N–C) groups is 1. The molecule has 1 aromatic rings. The standard InChI is InChI=1S/C17H26N4O4S.HI/c1-3-18-17(21-14-7-10-26(23,24)12-14)20-9-8-19-16(22)13-5-4-6-15(11-13)25-2;/h4-6,11,14H,3,7-10,12H2,1-2H3,(H,19,22)(H2,18,20,21);1H. The molecule has 0 saturated carbocycles. The van der Waals surface area contributed by atoms with Crippen molar-refractivity contribution < 1.29 is 17.9 Å². The minimum absolute atomic E-state index is 0. The lowest BCUT2D eigenvalue weighted by atomic mass is 10.2. The molecule has 2 rings (SSSR count). The maximum absolute atomic E-state index is 12.1. The van der Waals surface area contributed by atoms with E-state index in [2.05, 4.69) is 20.9 Å². The largest absolute Gasteiger partial charge is 0.497 e. The molecule has 0 aliphatic carbocycles. The van der Waals surface area contributed by atoms with Gasteiger partial charge in [-0.15, -0.1) is 24.0 Å². The number of halogens is 1. The van der Waals surface area contributed by atoms with Crippen molar-refractivity contribution in [2.24, 2.45) is 4.99 Å². The number of sulfone groups is 1. The molecule has 3 N–H and O–H groups in total. The van der Waals surface area contributed by atoms with Crippen LogP contribution in [0.4, 0.5) is 0 Å². The Bertz CT molecular complexity index is 755. The summed E-state index contributed by atoms with van der Waals surface area (Å²) < 4.78 is 28.2. The van der Waals surface area contributed by atoms with Crippen LogP contribution in [0.2, 0.25) is 0 Å². The van der Waals surface area contributed by atoms with Crippen molar-refractivity contribution in [3.05, 3.63) is 29.8 Å². The molecule has 1 unspecified atom stereocenters. The van der Waals surface area contributed by atoms with E-state index >= 15 is 0 Å². The van der Waals surface area contributed by atoms with Gasteiger partial charge in [0.2, 0.25) is 0 Å². The van der Waals surface area contributed by atoms with Crippen LogP contribution in [0, 0.1) is 0 Å². The molecule has 8 nitrogen and oxygen atoms in total. The third-order valence-electron chi connectivity index (χ3n) is 3.92. The van der Waals surface area contributed by atoms with Crippen molar-refractivity contribution in [2.45, 2.75) is 19.4 Å². The van der Waals surface area contributed by atoms with E-state index in [4.69, 9.17) is 4.74 Å². The minimum atomic E-state index is -2.94. The van der Waals surface area contributed by atoms with Crippen molar-refractivity contribution >= 4 is 45.7 Å². The van der Waals surface area contributed by atoms with Crippen LogP contribution in [0.15, 0.2) is 29.3 Å². The number of nitrogens with zero attached hydrogens (tertiary/aromatic N) is 1. The Hall–Kier alpha value is -1.56. The highest BCUT2D eigenvalue weighted by Gasteiger charge is 2.28. The summed E-state index contributed by atoms with van der Waals surface area (Å²) >= 11 is 0. The molecule has 0 aromatic heterocycles. The lowest BCUT2D eigenvalue weighted by Gasteiger charge is -2.15. The molecular weight excluding hydrogens is 483 g/mol. The van der Waals surface area contributed by atoms with Gasteiger partial charge in [0.25, 0.3) is 5.91 Å². The van der Waals surface area contributed by atoms with Gasteiger partial charge in [-0.25, -0.2) is 8.42 Å². The Labute approximate surface area is 177 Å². The Morgan fingerprint density at radius 3 is 2.74 bits per heavy atom. The molecule has 1 saturated heterocycles. The van der Waals surface area contributed by atoms with Crippen LogP contribution in [0.3, 0.4) is 0 Å². The minimum Gasteiger partial charge on any atom is -0.497 e. The predicted molar refractivity (Wildman–Crippen MR) is 117 cm³/mol. The van der Waals surface area contributed by atoms with Gasteiger partial charge < -0.3 is 20.7 Å². The molecular formula is C17H27IN4O4S. The highest BCUT2D eigenvalue weighted by Crippen LogP contribution is 2.12. The van der Waals surface area contributed by atoms with E-state index < -0.39 is 9.84 Å². The number of guanidine groups is 1. The molecule has 0 radical (unpaired) electrons. The van der Waals surface area contributed by atoms with Crippen molar-refractivity contribution in [3.8, 4) is 5.75 Å². The van der Waals surface area contributed by atoms with Gasteiger partial charge in [0.05, 0.1) is 25.2 Å². The van der Waals surface area contributed by atoms with E-state index in [0.29, 0.717) is 43.3 Å². The molecule has 27 heavy (non-hydrogen) atoms. The molecule has 10 heteroatoms. The van der Waals surface area contributed by atoms with Crippen LogP contribution in [-0.2, 0) is 9.84 Å². The summed E-state index contributed by atoms with van der Waals surface area (Å²) in [6.07, 6.45) is 0.583. The molecule has 1 aliphatic rings. The lowest BCUT2D eigenvalue weighted by Crippen LogP contribution is -2.44. The summed E-state index contributed by atoms with van der Waals surface area (Å²) in [5.41, 5.74) is 0.523. The molecule has 1 atom stereocenters. The Morgan fingerprint density at radius 1 is 1.33 bits per heavy atom. The summed E-state index contributed by atoms with van der Waals surface area (Å²) in [7, 11) is -1.39. The zero-order valence-corrected chi connectivity index (χ0v) is 18.7. The van der Waals surface area contributed by atoms with Crippen LogP contribution >= 0.6 is 24.0 Å². The van der Waals surface area contributed by atoms with Crippen LogP contribution in [0.1, 0.15) is 23.7 Å². The van der Waals surface area contributed by atoms with Gasteiger partial charge in [0.1, 0.15) is 5.75 Å². The molecule has 1 heterocycles. The van der Waals surface area contributed by atoms with Gasteiger partial charge >= 0.3 is 0 Å². The predicted octanol–water partition coefficient (Wildman–Crippen LogP) is 0.785. The van der Waals surface area contributed by atoms with Crippen LogP contribution in [-0.4, -0.2) is 64.6 Å². The van der Waals surface area contributed by atoms with E-state index in [1.165, 1.54) is 0 Å². The average molecular weight is 510 g/mol. The normalized spacial score (nSPS) is 18.3. The van der Waals surface area contributed by atoms with Crippen LogP contribution < -0.4 is 20.7 Å². The highest BCUT2D eigenvalue weighted by atomic mass is 127. The lowest BCUT2D eigenvalue weighted by molar-refractivity contribution is 0.0954. The molecule has 1 amide bonds. The third kappa shape index (κ3) is 7.91. The number of benzene rings is 1. The Balaban J connectivity index is 0.00000364. The smallest absolute Gasteiger partial charge is 0.251 e. The summed E-state index contributed by atoms with van der Waals surface area (Å²) in [6, 6.07) is 6.80. The van der Waals surface area contributed by atoms with Gasteiger partial charge in [0, 0.05) is 24.7 Å². The number of ether oxygens (including phenoxy) is 1. The summed E-state index contributed by atoms with van der Waals surface area (Å²) in [5, 5.41) is 9.03. The van der Waals surface area contributed by atoms with E-state index in [9.17, 15) is 13.2 Å². The van der Waals surface area contributed by atoms with Crippen LogP contribution in [0.5, 0.6) is 5.75 Å². The van der Waals surface area contributed by atoms with Gasteiger partial charge in [0.15, 0.2) is 15.8 Å². The fourth-order valence-corrected chi connectivity index (χ4v) is 4.30. The number of carbonyl (C=O) groups excluding carboxylic acids is 1. The number of methoxy groups -OCH3 is 1. The van der Waals surface area contributed by atoms with Gasteiger partial charge in [-0.1, -0.05) is 6.07 Å². The second-order valence-electron chi connectivity index (χ2n) is 5.99. The van der Waals surface area contributed by atoms with Crippen molar-refractivity contribution in [1.29, 1.82) is 0 Å². The topological polar surface area (TPSA) is 109 Å². The SMILES string of the molecule is CCNC(=NCCNC(=O)c1cccc(OC)c1)NC1CCS(=O)(=O)C1.I. The molecule has 1 fully saturated rings. The first-order valence-corrected chi connectivity index (χ1v) is 10.4. The summed E-state index contributed by atoms with van der Waals surface area (Å²) in [5.74, 6) is 1.33. The quantitative estimate of drug-likeness (QED) is 0.217. The van der Waals surface area contributed by atoms with Gasteiger partial charge in [-0.2, -0.15) is 0 Å². The maximum Gasteiger partial charge on any atom is 0.251 e. The number of nitrogens with one attached hydrogen (secondary N) is 3. The number of amides is 1.